The van der Waals surface area contributed by atoms with Crippen molar-refractivity contribution >= 4 is 5.69 Å². The summed E-state index contributed by atoms with van der Waals surface area (Å²) < 4.78 is 18.2. The molecule has 0 aromatic heterocycles. The molecule has 0 aliphatic heterocycles. The quantitative estimate of drug-likeness (QED) is 0.750. The Hall–Kier alpha value is -1.64. The van der Waals surface area contributed by atoms with E-state index in [2.05, 4.69) is 6.07 Å². The van der Waals surface area contributed by atoms with E-state index < -0.39 is 0 Å². The highest BCUT2D eigenvalue weighted by molar-refractivity contribution is 5.46. The first-order chi connectivity index (χ1) is 8.67. The van der Waals surface area contributed by atoms with Crippen LogP contribution in [-0.4, -0.2) is 31.7 Å². The Labute approximate surface area is 107 Å². The number of hydrogen-bond acceptors (Lipinski definition) is 4. The third kappa shape index (κ3) is 4.70. The minimum absolute atomic E-state index is 0.300. The molecule has 0 saturated heterocycles. The molecule has 0 amide bonds. The summed E-state index contributed by atoms with van der Waals surface area (Å²) in [5, 5.41) is 8.61. The number of nitrogens with zero attached hydrogens (tertiary/aromatic N) is 2. The molecule has 0 bridgehead atoms. The second-order valence-electron chi connectivity index (χ2n) is 4.02. The first-order valence-corrected chi connectivity index (χ1v) is 5.79. The molecular formula is C13H18FN3O. The zero-order valence-electron chi connectivity index (χ0n) is 10.5. The van der Waals surface area contributed by atoms with E-state index in [1.165, 1.54) is 12.1 Å². The van der Waals surface area contributed by atoms with E-state index in [-0.39, 0.29) is 5.82 Å². The lowest BCUT2D eigenvalue weighted by Crippen LogP contribution is -2.28. The van der Waals surface area contributed by atoms with Crippen LogP contribution in [0.4, 0.5) is 10.1 Å². The van der Waals surface area contributed by atoms with Crippen LogP contribution in [0.15, 0.2) is 18.2 Å². The van der Waals surface area contributed by atoms with Crippen molar-refractivity contribution in [2.75, 3.05) is 32.5 Å². The van der Waals surface area contributed by atoms with E-state index >= 15 is 0 Å². The Morgan fingerprint density at radius 1 is 1.44 bits per heavy atom. The molecule has 0 fully saturated rings. The first kappa shape index (κ1) is 14.4. The van der Waals surface area contributed by atoms with Crippen LogP contribution < -0.4 is 5.73 Å². The average molecular weight is 251 g/mol. The van der Waals surface area contributed by atoms with Crippen LogP contribution in [0.25, 0.3) is 0 Å². The number of hydrogen-bond donors (Lipinski definition) is 1. The molecule has 1 aromatic rings. The van der Waals surface area contributed by atoms with Crippen molar-refractivity contribution in [3.8, 4) is 6.07 Å². The van der Waals surface area contributed by atoms with E-state index in [0.717, 1.165) is 5.56 Å². The summed E-state index contributed by atoms with van der Waals surface area (Å²) in [5.74, 6) is -0.300. The van der Waals surface area contributed by atoms with Gasteiger partial charge in [0.15, 0.2) is 0 Å². The van der Waals surface area contributed by atoms with Gasteiger partial charge in [-0.3, -0.25) is 4.90 Å². The summed E-state index contributed by atoms with van der Waals surface area (Å²) in [5.41, 5.74) is 7.11. The van der Waals surface area contributed by atoms with Crippen LogP contribution in [0.2, 0.25) is 0 Å². The van der Waals surface area contributed by atoms with E-state index in [1.807, 2.05) is 4.90 Å². The third-order valence-electron chi connectivity index (χ3n) is 2.65. The smallest absolute Gasteiger partial charge is 0.123 e. The maximum Gasteiger partial charge on any atom is 0.123 e. The molecule has 0 atom stereocenters. The Morgan fingerprint density at radius 2 is 2.22 bits per heavy atom. The van der Waals surface area contributed by atoms with Crippen molar-refractivity contribution in [1.82, 2.24) is 4.90 Å². The van der Waals surface area contributed by atoms with Gasteiger partial charge in [-0.2, -0.15) is 5.26 Å². The monoisotopic (exact) mass is 251 g/mol. The number of halogens is 1. The minimum Gasteiger partial charge on any atom is -0.398 e. The molecular weight excluding hydrogens is 233 g/mol. The Morgan fingerprint density at radius 3 is 2.89 bits per heavy atom. The van der Waals surface area contributed by atoms with E-state index in [9.17, 15) is 4.39 Å². The number of ether oxygens (including phenoxy) is 1. The predicted molar refractivity (Wildman–Crippen MR) is 68.2 cm³/mol. The normalized spacial score (nSPS) is 10.6. The van der Waals surface area contributed by atoms with Crippen LogP contribution >= 0.6 is 0 Å². The topological polar surface area (TPSA) is 62.3 Å². The molecule has 0 unspecified atom stereocenters. The Balaban J connectivity index is 2.68. The van der Waals surface area contributed by atoms with Crippen LogP contribution in [-0.2, 0) is 11.3 Å². The summed E-state index contributed by atoms with van der Waals surface area (Å²) in [6, 6.07) is 6.43. The van der Waals surface area contributed by atoms with Crippen molar-refractivity contribution in [3.05, 3.63) is 29.6 Å². The lowest BCUT2D eigenvalue weighted by molar-refractivity contribution is 0.145. The fourth-order valence-corrected chi connectivity index (χ4v) is 1.65. The molecule has 0 spiro atoms. The highest BCUT2D eigenvalue weighted by Gasteiger charge is 2.08. The van der Waals surface area contributed by atoms with Crippen LogP contribution in [0, 0.1) is 17.1 Å². The maximum atomic E-state index is 13.2. The standard InChI is InChI=1S/C13H18FN3O/c1-18-8-7-17(6-2-5-15)10-11-9-12(14)3-4-13(11)16/h3-4,9H,2,6-8,10,16H2,1H3. The number of rotatable bonds is 7. The molecule has 18 heavy (non-hydrogen) atoms. The fraction of sp³-hybridized carbons (Fsp3) is 0.462. The number of methoxy groups -OCH3 is 1. The lowest BCUT2D eigenvalue weighted by Gasteiger charge is -2.21. The molecule has 0 saturated carbocycles. The van der Waals surface area contributed by atoms with Crippen LogP contribution in [0.1, 0.15) is 12.0 Å². The summed E-state index contributed by atoms with van der Waals surface area (Å²) in [6.45, 7) is 2.40. The maximum absolute atomic E-state index is 13.2. The van der Waals surface area contributed by atoms with Gasteiger partial charge in [0, 0.05) is 38.9 Å². The summed E-state index contributed by atoms with van der Waals surface area (Å²) in [7, 11) is 1.62. The van der Waals surface area contributed by atoms with Gasteiger partial charge in [-0.05, 0) is 23.8 Å². The predicted octanol–water partition coefficient (Wildman–Crippen LogP) is 1.77. The average Bonchev–Trinajstić information content (AvgIpc) is 2.37. The van der Waals surface area contributed by atoms with Gasteiger partial charge in [-0.25, -0.2) is 4.39 Å². The van der Waals surface area contributed by atoms with Gasteiger partial charge in [0.25, 0.3) is 0 Å². The molecule has 1 rings (SSSR count). The van der Waals surface area contributed by atoms with Gasteiger partial charge in [0.1, 0.15) is 5.82 Å². The number of nitriles is 1. The molecule has 1 aromatic carbocycles. The van der Waals surface area contributed by atoms with Gasteiger partial charge in [0.2, 0.25) is 0 Å². The number of nitrogen functional groups attached to an aromatic ring is 1. The van der Waals surface area contributed by atoms with Crippen molar-refractivity contribution in [3.63, 3.8) is 0 Å². The SMILES string of the molecule is COCCN(CCC#N)Cc1cc(F)ccc1N. The van der Waals surface area contributed by atoms with Gasteiger partial charge in [-0.15, -0.1) is 0 Å². The number of benzene rings is 1. The molecule has 0 heterocycles. The number of anilines is 1. The zero-order chi connectivity index (χ0) is 13.4. The molecule has 5 heteroatoms. The van der Waals surface area contributed by atoms with Gasteiger partial charge in [0.05, 0.1) is 12.7 Å². The summed E-state index contributed by atoms with van der Waals surface area (Å²) >= 11 is 0. The zero-order valence-corrected chi connectivity index (χ0v) is 10.5. The third-order valence-corrected chi connectivity index (χ3v) is 2.65. The molecule has 2 N–H and O–H groups in total. The first-order valence-electron chi connectivity index (χ1n) is 5.79. The van der Waals surface area contributed by atoms with E-state index in [0.29, 0.717) is 38.3 Å². The van der Waals surface area contributed by atoms with E-state index in [4.69, 9.17) is 15.7 Å². The molecule has 4 nitrogen and oxygen atoms in total. The van der Waals surface area contributed by atoms with Crippen molar-refractivity contribution in [2.45, 2.75) is 13.0 Å². The van der Waals surface area contributed by atoms with Gasteiger partial charge < -0.3 is 10.5 Å². The van der Waals surface area contributed by atoms with Gasteiger partial charge >= 0.3 is 0 Å². The minimum atomic E-state index is -0.300. The Bertz CT molecular complexity index is 417. The van der Waals surface area contributed by atoms with E-state index in [1.54, 1.807) is 13.2 Å². The van der Waals surface area contributed by atoms with Crippen molar-refractivity contribution in [2.24, 2.45) is 0 Å². The summed E-state index contributed by atoms with van der Waals surface area (Å²) in [4.78, 5) is 2.03. The molecule has 0 aliphatic carbocycles. The second kappa shape index (κ2) is 7.64. The lowest BCUT2D eigenvalue weighted by atomic mass is 10.1. The largest absolute Gasteiger partial charge is 0.398 e. The molecule has 0 radical (unpaired) electrons. The highest BCUT2D eigenvalue weighted by Crippen LogP contribution is 2.15. The van der Waals surface area contributed by atoms with Crippen molar-refractivity contribution < 1.29 is 9.13 Å². The van der Waals surface area contributed by atoms with Gasteiger partial charge in [-0.1, -0.05) is 0 Å². The Kier molecular flexibility index (Phi) is 6.12. The van der Waals surface area contributed by atoms with Crippen LogP contribution in [0.5, 0.6) is 0 Å². The molecule has 98 valence electrons. The fourth-order valence-electron chi connectivity index (χ4n) is 1.65. The van der Waals surface area contributed by atoms with Crippen molar-refractivity contribution in [1.29, 1.82) is 5.26 Å². The summed E-state index contributed by atoms with van der Waals surface area (Å²) in [6.07, 6.45) is 0.429. The number of nitrogens with two attached hydrogens (primary N) is 1. The second-order valence-corrected chi connectivity index (χ2v) is 4.02. The highest BCUT2D eigenvalue weighted by atomic mass is 19.1. The molecule has 0 aliphatic rings. The van der Waals surface area contributed by atoms with Crippen LogP contribution in [0.3, 0.4) is 0 Å².